The average Bonchev–Trinajstić information content (AvgIpc) is 2.30. The molecule has 2 amide bonds. The van der Waals surface area contributed by atoms with Crippen molar-refractivity contribution in [1.82, 2.24) is 10.2 Å². The van der Waals surface area contributed by atoms with Crippen LogP contribution in [0.2, 0.25) is 0 Å². The maximum atomic E-state index is 12.9. The van der Waals surface area contributed by atoms with Gasteiger partial charge in [-0.15, -0.1) is 0 Å². The van der Waals surface area contributed by atoms with E-state index in [1.165, 1.54) is 0 Å². The zero-order chi connectivity index (χ0) is 15.9. The Balaban J connectivity index is 3.29. The molecule has 4 nitrogen and oxygen atoms in total. The van der Waals surface area contributed by atoms with E-state index in [4.69, 9.17) is 0 Å². The fourth-order valence-electron chi connectivity index (χ4n) is 2.63. The van der Waals surface area contributed by atoms with E-state index in [1.807, 2.05) is 39.5 Å². The van der Waals surface area contributed by atoms with E-state index in [9.17, 15) is 9.59 Å². The molecular formula is C16H30N2O2. The molecule has 0 bridgehead atoms. The molecular weight excluding hydrogens is 252 g/mol. The van der Waals surface area contributed by atoms with Crippen molar-refractivity contribution in [3.05, 3.63) is 0 Å². The van der Waals surface area contributed by atoms with Crippen LogP contribution in [0.3, 0.4) is 0 Å². The Morgan fingerprint density at radius 3 is 2.10 bits per heavy atom. The first-order valence-electron chi connectivity index (χ1n) is 7.60. The van der Waals surface area contributed by atoms with Crippen LogP contribution in [0.1, 0.15) is 61.8 Å². The van der Waals surface area contributed by atoms with Gasteiger partial charge in [-0.25, -0.2) is 0 Å². The summed E-state index contributed by atoms with van der Waals surface area (Å²) in [6.45, 7) is 16.1. The van der Waals surface area contributed by atoms with Crippen molar-refractivity contribution in [3.8, 4) is 0 Å². The minimum absolute atomic E-state index is 0.0133. The highest BCUT2D eigenvalue weighted by atomic mass is 16.2. The standard InChI is InChI=1S/C16H30N2O2/c1-9-16(8)14(20)18(11(4)15(5,6)7)12(10(2)3)13(19)17-16/h10-12H,9H2,1-8H3,(H,17,19). The molecule has 0 aromatic heterocycles. The molecule has 116 valence electrons. The number of amides is 2. The van der Waals surface area contributed by atoms with Gasteiger partial charge >= 0.3 is 0 Å². The van der Waals surface area contributed by atoms with Gasteiger partial charge in [0.25, 0.3) is 0 Å². The van der Waals surface area contributed by atoms with Gasteiger partial charge in [-0.1, -0.05) is 41.5 Å². The minimum Gasteiger partial charge on any atom is -0.340 e. The van der Waals surface area contributed by atoms with Crippen LogP contribution in [-0.4, -0.2) is 34.3 Å². The summed E-state index contributed by atoms with van der Waals surface area (Å²) in [5.74, 6) is 0.117. The third-order valence-corrected chi connectivity index (χ3v) is 4.68. The largest absolute Gasteiger partial charge is 0.340 e. The molecule has 0 saturated carbocycles. The van der Waals surface area contributed by atoms with Crippen LogP contribution in [0.25, 0.3) is 0 Å². The van der Waals surface area contributed by atoms with Crippen molar-refractivity contribution in [2.75, 3.05) is 0 Å². The minimum atomic E-state index is -0.776. The zero-order valence-electron chi connectivity index (χ0n) is 14.2. The van der Waals surface area contributed by atoms with E-state index < -0.39 is 5.54 Å². The van der Waals surface area contributed by atoms with Crippen LogP contribution in [0.15, 0.2) is 0 Å². The van der Waals surface area contributed by atoms with Crippen LogP contribution in [0.4, 0.5) is 0 Å². The van der Waals surface area contributed by atoms with Crippen molar-refractivity contribution in [3.63, 3.8) is 0 Å². The quantitative estimate of drug-likeness (QED) is 0.865. The van der Waals surface area contributed by atoms with E-state index in [0.717, 1.165) is 0 Å². The highest BCUT2D eigenvalue weighted by Crippen LogP contribution is 2.33. The van der Waals surface area contributed by atoms with Crippen LogP contribution in [0.5, 0.6) is 0 Å². The normalized spacial score (nSPS) is 29.6. The molecule has 0 aromatic carbocycles. The second kappa shape index (κ2) is 5.38. The number of hydrogen-bond acceptors (Lipinski definition) is 2. The van der Waals surface area contributed by atoms with Crippen molar-refractivity contribution in [1.29, 1.82) is 0 Å². The molecule has 4 heteroatoms. The van der Waals surface area contributed by atoms with Gasteiger partial charge in [-0.3, -0.25) is 9.59 Å². The van der Waals surface area contributed by atoms with Gasteiger partial charge in [0.15, 0.2) is 0 Å². The lowest BCUT2D eigenvalue weighted by molar-refractivity contribution is -0.161. The number of rotatable bonds is 3. The molecule has 3 unspecified atom stereocenters. The maximum Gasteiger partial charge on any atom is 0.248 e. The molecule has 1 fully saturated rings. The zero-order valence-corrected chi connectivity index (χ0v) is 14.2. The average molecular weight is 282 g/mol. The summed E-state index contributed by atoms with van der Waals surface area (Å²) in [6.07, 6.45) is 0.607. The topological polar surface area (TPSA) is 49.4 Å². The Labute approximate surface area is 123 Å². The van der Waals surface area contributed by atoms with Crippen LogP contribution < -0.4 is 5.32 Å². The summed E-state index contributed by atoms with van der Waals surface area (Å²) in [4.78, 5) is 27.3. The summed E-state index contributed by atoms with van der Waals surface area (Å²) in [7, 11) is 0. The molecule has 1 aliphatic heterocycles. The van der Waals surface area contributed by atoms with Gasteiger partial charge in [0.05, 0.1) is 0 Å². The van der Waals surface area contributed by atoms with Gasteiger partial charge in [0, 0.05) is 6.04 Å². The van der Waals surface area contributed by atoms with Crippen LogP contribution >= 0.6 is 0 Å². The number of piperazine rings is 1. The highest BCUT2D eigenvalue weighted by Gasteiger charge is 2.50. The van der Waals surface area contributed by atoms with E-state index in [-0.39, 0.29) is 35.2 Å². The Hall–Kier alpha value is -1.06. The monoisotopic (exact) mass is 282 g/mol. The predicted molar refractivity (Wildman–Crippen MR) is 81.2 cm³/mol. The van der Waals surface area contributed by atoms with Gasteiger partial charge in [0.1, 0.15) is 11.6 Å². The Morgan fingerprint density at radius 2 is 1.75 bits per heavy atom. The fraction of sp³-hybridized carbons (Fsp3) is 0.875. The first-order chi connectivity index (χ1) is 8.95. The molecule has 1 aliphatic rings. The van der Waals surface area contributed by atoms with E-state index in [1.54, 1.807) is 0 Å². The van der Waals surface area contributed by atoms with E-state index in [0.29, 0.717) is 6.42 Å². The molecule has 0 radical (unpaired) electrons. The van der Waals surface area contributed by atoms with E-state index >= 15 is 0 Å². The molecule has 1 rings (SSSR count). The first kappa shape index (κ1) is 17.0. The third-order valence-electron chi connectivity index (χ3n) is 4.68. The lowest BCUT2D eigenvalue weighted by atomic mass is 9.81. The number of carbonyl (C=O) groups excluding carboxylic acids is 2. The number of nitrogens with zero attached hydrogens (tertiary/aromatic N) is 1. The molecule has 0 aromatic rings. The molecule has 1 saturated heterocycles. The SMILES string of the molecule is CCC1(C)NC(=O)C(C(C)C)N(C(C)C(C)(C)C)C1=O. The number of hydrogen-bond donors (Lipinski definition) is 1. The summed E-state index contributed by atoms with van der Waals surface area (Å²) in [5.41, 5.74) is -0.836. The summed E-state index contributed by atoms with van der Waals surface area (Å²) in [5, 5.41) is 2.93. The molecule has 1 N–H and O–H groups in total. The van der Waals surface area contributed by atoms with Gasteiger partial charge in [0.2, 0.25) is 11.8 Å². The van der Waals surface area contributed by atoms with Gasteiger partial charge < -0.3 is 10.2 Å². The summed E-state index contributed by atoms with van der Waals surface area (Å²) in [6, 6.07) is -0.365. The number of carbonyl (C=O) groups is 2. The predicted octanol–water partition coefficient (Wildman–Crippen LogP) is 2.57. The Morgan fingerprint density at radius 1 is 1.25 bits per heavy atom. The molecule has 1 heterocycles. The molecule has 0 spiro atoms. The van der Waals surface area contributed by atoms with Crippen LogP contribution in [-0.2, 0) is 9.59 Å². The van der Waals surface area contributed by atoms with Crippen molar-refractivity contribution in [2.24, 2.45) is 11.3 Å². The maximum absolute atomic E-state index is 12.9. The van der Waals surface area contributed by atoms with Crippen molar-refractivity contribution < 1.29 is 9.59 Å². The van der Waals surface area contributed by atoms with E-state index in [2.05, 4.69) is 26.1 Å². The Kier molecular flexibility index (Phi) is 4.57. The van der Waals surface area contributed by atoms with Crippen molar-refractivity contribution in [2.45, 2.75) is 79.4 Å². The molecule has 20 heavy (non-hydrogen) atoms. The lowest BCUT2D eigenvalue weighted by Gasteiger charge is -2.51. The van der Waals surface area contributed by atoms with Gasteiger partial charge in [-0.05, 0) is 31.6 Å². The third kappa shape index (κ3) is 2.84. The van der Waals surface area contributed by atoms with Crippen LogP contribution in [0, 0.1) is 11.3 Å². The lowest BCUT2D eigenvalue weighted by Crippen LogP contribution is -2.72. The molecule has 3 atom stereocenters. The summed E-state index contributed by atoms with van der Waals surface area (Å²) < 4.78 is 0. The first-order valence-corrected chi connectivity index (χ1v) is 7.60. The second-order valence-electron chi connectivity index (χ2n) is 7.62. The second-order valence-corrected chi connectivity index (χ2v) is 7.62. The van der Waals surface area contributed by atoms with Gasteiger partial charge in [-0.2, -0.15) is 0 Å². The summed E-state index contributed by atoms with van der Waals surface area (Å²) >= 11 is 0. The highest BCUT2D eigenvalue weighted by molar-refractivity contribution is 5.99. The molecule has 0 aliphatic carbocycles. The van der Waals surface area contributed by atoms with Crippen molar-refractivity contribution >= 4 is 11.8 Å². The fourth-order valence-corrected chi connectivity index (χ4v) is 2.63. The number of nitrogens with one attached hydrogen (secondary N) is 1. The smallest absolute Gasteiger partial charge is 0.248 e. The Bertz CT molecular complexity index is 398.